The Balaban J connectivity index is 1.62. The number of carbonyl (C=O) groups excluding carboxylic acids is 3. The standard InChI is InChI=1S/C20H21N3O3/c1-15-2-8-18(9-3-15)21-19(25)16-4-6-17(7-5-16)20(26)23-12-10-22(14-24)11-13-23/h2-9,14H,10-13H2,1H3,(H,21,25). The van der Waals surface area contributed by atoms with Gasteiger partial charge in [-0.05, 0) is 43.3 Å². The number of nitrogens with one attached hydrogen (secondary N) is 1. The van der Waals surface area contributed by atoms with Gasteiger partial charge in [0.15, 0.2) is 0 Å². The fraction of sp³-hybridized carbons (Fsp3) is 0.250. The Morgan fingerprint density at radius 2 is 1.46 bits per heavy atom. The molecule has 0 spiro atoms. The van der Waals surface area contributed by atoms with Crippen LogP contribution in [0.1, 0.15) is 26.3 Å². The van der Waals surface area contributed by atoms with Gasteiger partial charge >= 0.3 is 0 Å². The highest BCUT2D eigenvalue weighted by Crippen LogP contribution is 2.13. The zero-order chi connectivity index (χ0) is 18.5. The van der Waals surface area contributed by atoms with Crippen molar-refractivity contribution < 1.29 is 14.4 Å². The largest absolute Gasteiger partial charge is 0.342 e. The van der Waals surface area contributed by atoms with Gasteiger partial charge in [0.1, 0.15) is 0 Å². The van der Waals surface area contributed by atoms with Crippen LogP contribution in [-0.4, -0.2) is 54.2 Å². The second-order valence-electron chi connectivity index (χ2n) is 6.33. The first-order valence-corrected chi connectivity index (χ1v) is 8.53. The number of rotatable bonds is 4. The summed E-state index contributed by atoms with van der Waals surface area (Å²) in [5.74, 6) is -0.298. The number of nitrogens with zero attached hydrogens (tertiary/aromatic N) is 2. The Morgan fingerprint density at radius 1 is 0.885 bits per heavy atom. The molecule has 3 amide bonds. The van der Waals surface area contributed by atoms with E-state index in [2.05, 4.69) is 5.32 Å². The van der Waals surface area contributed by atoms with E-state index in [-0.39, 0.29) is 11.8 Å². The summed E-state index contributed by atoms with van der Waals surface area (Å²) in [6.07, 6.45) is 0.809. The van der Waals surface area contributed by atoms with Crippen LogP contribution in [0.2, 0.25) is 0 Å². The smallest absolute Gasteiger partial charge is 0.255 e. The van der Waals surface area contributed by atoms with Crippen LogP contribution in [0.3, 0.4) is 0 Å². The van der Waals surface area contributed by atoms with Crippen LogP contribution in [0.5, 0.6) is 0 Å². The summed E-state index contributed by atoms with van der Waals surface area (Å²) in [4.78, 5) is 38.9. The minimum absolute atomic E-state index is 0.0824. The molecule has 2 aromatic carbocycles. The molecule has 1 aliphatic heterocycles. The Hall–Kier alpha value is -3.15. The number of piperazine rings is 1. The quantitative estimate of drug-likeness (QED) is 0.858. The molecule has 0 aliphatic carbocycles. The van der Waals surface area contributed by atoms with E-state index in [1.54, 1.807) is 34.1 Å². The van der Waals surface area contributed by atoms with Crippen molar-refractivity contribution in [1.29, 1.82) is 0 Å². The maximum absolute atomic E-state index is 12.5. The monoisotopic (exact) mass is 351 g/mol. The van der Waals surface area contributed by atoms with Crippen molar-refractivity contribution in [3.05, 3.63) is 65.2 Å². The van der Waals surface area contributed by atoms with Gasteiger partial charge in [0, 0.05) is 43.0 Å². The number of aryl methyl sites for hydroxylation is 1. The minimum Gasteiger partial charge on any atom is -0.342 e. The second-order valence-corrected chi connectivity index (χ2v) is 6.33. The van der Waals surface area contributed by atoms with Gasteiger partial charge in [-0.15, -0.1) is 0 Å². The molecule has 0 atom stereocenters. The first-order valence-electron chi connectivity index (χ1n) is 8.53. The lowest BCUT2D eigenvalue weighted by atomic mass is 10.1. The molecule has 1 N–H and O–H groups in total. The molecule has 1 fully saturated rings. The molecule has 2 aromatic rings. The number of hydrogen-bond donors (Lipinski definition) is 1. The van der Waals surface area contributed by atoms with Gasteiger partial charge in [-0.1, -0.05) is 17.7 Å². The Bertz CT molecular complexity index is 792. The summed E-state index contributed by atoms with van der Waals surface area (Å²) in [5.41, 5.74) is 2.89. The Labute approximate surface area is 152 Å². The summed E-state index contributed by atoms with van der Waals surface area (Å²) in [6.45, 7) is 4.12. The Morgan fingerprint density at radius 3 is 2.04 bits per heavy atom. The highest BCUT2D eigenvalue weighted by molar-refractivity contribution is 6.05. The predicted octanol–water partition coefficient (Wildman–Crippen LogP) is 2.16. The maximum atomic E-state index is 12.5. The summed E-state index contributed by atoms with van der Waals surface area (Å²) in [7, 11) is 0. The number of anilines is 1. The summed E-state index contributed by atoms with van der Waals surface area (Å²) in [6, 6.07) is 14.2. The van der Waals surface area contributed by atoms with Crippen molar-refractivity contribution in [2.45, 2.75) is 6.92 Å². The third-order valence-corrected chi connectivity index (χ3v) is 4.45. The Kier molecular flexibility index (Phi) is 5.31. The molecule has 0 unspecified atom stereocenters. The van der Waals surface area contributed by atoms with Crippen molar-refractivity contribution in [3.8, 4) is 0 Å². The molecule has 1 saturated heterocycles. The fourth-order valence-corrected chi connectivity index (χ4v) is 2.82. The van der Waals surface area contributed by atoms with Crippen LogP contribution < -0.4 is 5.32 Å². The number of benzene rings is 2. The first-order chi connectivity index (χ1) is 12.6. The number of hydrogen-bond acceptors (Lipinski definition) is 3. The second kappa shape index (κ2) is 7.82. The van der Waals surface area contributed by atoms with Gasteiger partial charge in [0.2, 0.25) is 6.41 Å². The van der Waals surface area contributed by atoms with E-state index in [9.17, 15) is 14.4 Å². The normalized spacial score (nSPS) is 14.0. The molecule has 0 aromatic heterocycles. The molecule has 134 valence electrons. The molecular formula is C20H21N3O3. The van der Waals surface area contributed by atoms with Gasteiger partial charge < -0.3 is 15.1 Å². The molecule has 6 nitrogen and oxygen atoms in total. The van der Waals surface area contributed by atoms with Crippen LogP contribution in [0.15, 0.2) is 48.5 Å². The summed E-state index contributed by atoms with van der Waals surface area (Å²) >= 11 is 0. The lowest BCUT2D eigenvalue weighted by molar-refractivity contribution is -0.119. The van der Waals surface area contributed by atoms with Crippen molar-refractivity contribution in [3.63, 3.8) is 0 Å². The van der Waals surface area contributed by atoms with E-state index in [0.29, 0.717) is 37.3 Å². The molecule has 0 bridgehead atoms. The average Bonchev–Trinajstić information content (AvgIpc) is 2.69. The molecule has 0 saturated carbocycles. The van der Waals surface area contributed by atoms with Gasteiger partial charge in [-0.2, -0.15) is 0 Å². The van der Waals surface area contributed by atoms with Gasteiger partial charge in [0.05, 0.1) is 0 Å². The van der Waals surface area contributed by atoms with Gasteiger partial charge in [0.25, 0.3) is 11.8 Å². The highest BCUT2D eigenvalue weighted by atomic mass is 16.2. The van der Waals surface area contributed by atoms with Crippen molar-refractivity contribution in [1.82, 2.24) is 9.80 Å². The maximum Gasteiger partial charge on any atom is 0.255 e. The van der Waals surface area contributed by atoms with Gasteiger partial charge in [-0.25, -0.2) is 0 Å². The lowest BCUT2D eigenvalue weighted by Crippen LogP contribution is -2.48. The SMILES string of the molecule is Cc1ccc(NC(=O)c2ccc(C(=O)N3CCN(C=O)CC3)cc2)cc1. The predicted molar refractivity (Wildman–Crippen MR) is 99.1 cm³/mol. The van der Waals surface area contributed by atoms with Crippen LogP contribution in [-0.2, 0) is 4.79 Å². The van der Waals surface area contributed by atoms with Crippen molar-refractivity contribution in [2.75, 3.05) is 31.5 Å². The third-order valence-electron chi connectivity index (χ3n) is 4.45. The zero-order valence-corrected chi connectivity index (χ0v) is 14.6. The molecule has 3 rings (SSSR count). The molecule has 26 heavy (non-hydrogen) atoms. The fourth-order valence-electron chi connectivity index (χ4n) is 2.82. The van der Waals surface area contributed by atoms with Crippen molar-refractivity contribution >= 4 is 23.9 Å². The van der Waals surface area contributed by atoms with Crippen LogP contribution in [0, 0.1) is 6.92 Å². The summed E-state index contributed by atoms with van der Waals surface area (Å²) < 4.78 is 0. The molecule has 1 aliphatic rings. The molecule has 1 heterocycles. The van der Waals surface area contributed by atoms with E-state index in [4.69, 9.17) is 0 Å². The van der Waals surface area contributed by atoms with E-state index >= 15 is 0 Å². The van der Waals surface area contributed by atoms with Crippen LogP contribution in [0.25, 0.3) is 0 Å². The average molecular weight is 351 g/mol. The molecular weight excluding hydrogens is 330 g/mol. The van der Waals surface area contributed by atoms with Crippen molar-refractivity contribution in [2.24, 2.45) is 0 Å². The van der Waals surface area contributed by atoms with Crippen LogP contribution >= 0.6 is 0 Å². The van der Waals surface area contributed by atoms with E-state index in [1.807, 2.05) is 31.2 Å². The van der Waals surface area contributed by atoms with E-state index < -0.39 is 0 Å². The highest BCUT2D eigenvalue weighted by Gasteiger charge is 2.21. The molecule has 6 heteroatoms. The number of amides is 3. The summed E-state index contributed by atoms with van der Waals surface area (Å²) in [5, 5.41) is 2.84. The number of carbonyl (C=O) groups is 3. The molecule has 0 radical (unpaired) electrons. The lowest BCUT2D eigenvalue weighted by Gasteiger charge is -2.32. The van der Waals surface area contributed by atoms with Crippen LogP contribution in [0.4, 0.5) is 5.69 Å². The first kappa shape index (κ1) is 17.7. The topological polar surface area (TPSA) is 69.7 Å². The minimum atomic E-state index is -0.215. The van der Waals surface area contributed by atoms with E-state index in [1.165, 1.54) is 0 Å². The zero-order valence-electron chi connectivity index (χ0n) is 14.6. The van der Waals surface area contributed by atoms with E-state index in [0.717, 1.165) is 17.7 Å². The third kappa shape index (κ3) is 4.08. The van der Waals surface area contributed by atoms with Gasteiger partial charge in [-0.3, -0.25) is 14.4 Å².